The van der Waals surface area contributed by atoms with Crippen molar-refractivity contribution in [3.63, 3.8) is 0 Å². The molecule has 1 amide bonds. The number of thiophene rings is 1. The van der Waals surface area contributed by atoms with Crippen LogP contribution in [0.2, 0.25) is 10.0 Å². The molecule has 2 N–H and O–H groups in total. The lowest BCUT2D eigenvalue weighted by molar-refractivity contribution is -0.139. The van der Waals surface area contributed by atoms with E-state index in [0.29, 0.717) is 41.0 Å². The van der Waals surface area contributed by atoms with Crippen molar-refractivity contribution in [2.45, 2.75) is 24.8 Å². The van der Waals surface area contributed by atoms with Gasteiger partial charge in [0.25, 0.3) is 5.91 Å². The first kappa shape index (κ1) is 17.5. The number of carbonyl (C=O) groups is 2. The first-order valence-electron chi connectivity index (χ1n) is 7.40. The summed E-state index contributed by atoms with van der Waals surface area (Å²) in [5, 5.41) is 13.8. The molecule has 0 bridgehead atoms. The topological polar surface area (TPSA) is 75.6 Å². The Balaban J connectivity index is 1.90. The third kappa shape index (κ3) is 3.52. The number of carboxylic acids is 1. The van der Waals surface area contributed by atoms with E-state index in [1.165, 1.54) is 11.3 Å². The van der Waals surface area contributed by atoms with E-state index in [4.69, 9.17) is 27.9 Å². The van der Waals surface area contributed by atoms with Crippen molar-refractivity contribution >= 4 is 56.5 Å². The number of ether oxygens (including phenoxy) is 1. The van der Waals surface area contributed by atoms with Gasteiger partial charge in [-0.3, -0.25) is 9.59 Å². The summed E-state index contributed by atoms with van der Waals surface area (Å²) in [6.07, 6.45) is 0.773. The van der Waals surface area contributed by atoms with Gasteiger partial charge in [-0.25, -0.2) is 0 Å². The van der Waals surface area contributed by atoms with E-state index in [0.717, 1.165) is 10.1 Å². The van der Waals surface area contributed by atoms with Crippen LogP contribution in [-0.4, -0.2) is 35.7 Å². The van der Waals surface area contributed by atoms with E-state index in [-0.39, 0.29) is 12.3 Å². The number of benzene rings is 1. The SMILES string of the molecule is O=C(O)CC1(NC(=O)c2sc3cc(Cl)ccc3c2Cl)CCOCC1. The maximum Gasteiger partial charge on any atom is 0.305 e. The molecule has 5 nitrogen and oxygen atoms in total. The van der Waals surface area contributed by atoms with Crippen LogP contribution in [-0.2, 0) is 9.53 Å². The highest BCUT2D eigenvalue weighted by Gasteiger charge is 2.37. The van der Waals surface area contributed by atoms with E-state index in [2.05, 4.69) is 5.32 Å². The number of halogens is 2. The molecular weight excluding hydrogens is 373 g/mol. The van der Waals surface area contributed by atoms with Gasteiger partial charge in [-0.15, -0.1) is 11.3 Å². The molecule has 1 saturated heterocycles. The number of amides is 1. The van der Waals surface area contributed by atoms with Crippen molar-refractivity contribution in [3.05, 3.63) is 33.1 Å². The molecule has 1 fully saturated rings. The maximum absolute atomic E-state index is 12.7. The Bertz CT molecular complexity index is 799. The van der Waals surface area contributed by atoms with Crippen molar-refractivity contribution in [2.24, 2.45) is 0 Å². The van der Waals surface area contributed by atoms with E-state index in [9.17, 15) is 14.7 Å². The normalized spacial score (nSPS) is 16.9. The van der Waals surface area contributed by atoms with Crippen molar-refractivity contribution in [2.75, 3.05) is 13.2 Å². The lowest BCUT2D eigenvalue weighted by Gasteiger charge is -2.36. The Labute approximate surface area is 152 Å². The van der Waals surface area contributed by atoms with Crippen molar-refractivity contribution in [1.29, 1.82) is 0 Å². The van der Waals surface area contributed by atoms with Gasteiger partial charge in [-0.2, -0.15) is 0 Å². The first-order valence-corrected chi connectivity index (χ1v) is 8.97. The molecule has 0 radical (unpaired) electrons. The molecule has 2 heterocycles. The fraction of sp³-hybridized carbons (Fsp3) is 0.375. The minimum Gasteiger partial charge on any atom is -0.481 e. The van der Waals surface area contributed by atoms with E-state index in [1.807, 2.05) is 0 Å². The molecule has 1 aliphatic rings. The summed E-state index contributed by atoms with van der Waals surface area (Å²) in [7, 11) is 0. The second kappa shape index (κ2) is 6.88. The lowest BCUT2D eigenvalue weighted by Crippen LogP contribution is -2.53. The van der Waals surface area contributed by atoms with Crippen LogP contribution in [0.1, 0.15) is 28.9 Å². The van der Waals surface area contributed by atoms with E-state index in [1.54, 1.807) is 18.2 Å². The Morgan fingerprint density at radius 1 is 1.29 bits per heavy atom. The molecule has 24 heavy (non-hydrogen) atoms. The number of hydrogen-bond acceptors (Lipinski definition) is 4. The highest BCUT2D eigenvalue weighted by atomic mass is 35.5. The summed E-state index contributed by atoms with van der Waals surface area (Å²) in [5.41, 5.74) is -0.807. The number of aliphatic carboxylic acids is 1. The average Bonchev–Trinajstić information content (AvgIpc) is 2.83. The number of rotatable bonds is 4. The summed E-state index contributed by atoms with van der Waals surface area (Å²) < 4.78 is 6.11. The molecular formula is C16H15Cl2NO4S. The fourth-order valence-electron chi connectivity index (χ4n) is 2.88. The quantitative estimate of drug-likeness (QED) is 0.832. The molecule has 3 rings (SSSR count). The molecule has 2 aromatic rings. The smallest absolute Gasteiger partial charge is 0.305 e. The zero-order valence-electron chi connectivity index (χ0n) is 12.6. The highest BCUT2D eigenvalue weighted by Crippen LogP contribution is 2.37. The van der Waals surface area contributed by atoms with Gasteiger partial charge in [0.15, 0.2) is 0 Å². The molecule has 0 saturated carbocycles. The standard InChI is InChI=1S/C16H15Cl2NO4S/c17-9-1-2-10-11(7-9)24-14(13(10)18)15(22)19-16(8-12(20)21)3-5-23-6-4-16/h1-2,7H,3-6,8H2,(H,19,22)(H,20,21). The summed E-state index contributed by atoms with van der Waals surface area (Å²) in [6, 6.07) is 5.25. The van der Waals surface area contributed by atoms with Gasteiger partial charge in [0.1, 0.15) is 4.88 Å². The van der Waals surface area contributed by atoms with Gasteiger partial charge in [0.05, 0.1) is 17.0 Å². The van der Waals surface area contributed by atoms with E-state index < -0.39 is 11.5 Å². The van der Waals surface area contributed by atoms with Crippen LogP contribution in [0.5, 0.6) is 0 Å². The highest BCUT2D eigenvalue weighted by molar-refractivity contribution is 7.21. The average molecular weight is 388 g/mol. The van der Waals surface area contributed by atoms with Crippen LogP contribution in [0.25, 0.3) is 10.1 Å². The zero-order valence-corrected chi connectivity index (χ0v) is 14.9. The molecule has 128 valence electrons. The lowest BCUT2D eigenvalue weighted by atomic mass is 9.86. The van der Waals surface area contributed by atoms with Gasteiger partial charge in [0, 0.05) is 28.3 Å². The second-order valence-corrected chi connectivity index (χ2v) is 7.67. The van der Waals surface area contributed by atoms with Crippen LogP contribution in [0, 0.1) is 0 Å². The number of carbonyl (C=O) groups excluding carboxylic acids is 1. The minimum atomic E-state index is -0.952. The van der Waals surface area contributed by atoms with Gasteiger partial charge in [0.2, 0.25) is 0 Å². The predicted octanol–water partition coefficient (Wildman–Crippen LogP) is 3.96. The van der Waals surface area contributed by atoms with Crippen molar-refractivity contribution in [3.8, 4) is 0 Å². The third-order valence-electron chi connectivity index (χ3n) is 4.12. The fourth-order valence-corrected chi connectivity index (χ4v) is 4.57. The summed E-state index contributed by atoms with van der Waals surface area (Å²) >= 11 is 13.6. The molecule has 0 aliphatic carbocycles. The molecule has 1 aromatic heterocycles. The second-order valence-electron chi connectivity index (χ2n) is 5.80. The third-order valence-corrected chi connectivity index (χ3v) is 6.01. The van der Waals surface area contributed by atoms with Crippen molar-refractivity contribution in [1.82, 2.24) is 5.32 Å². The Hall–Kier alpha value is -1.34. The van der Waals surface area contributed by atoms with Gasteiger partial charge < -0.3 is 15.2 Å². The maximum atomic E-state index is 12.7. The Kier molecular flexibility index (Phi) is 5.01. The molecule has 1 aliphatic heterocycles. The van der Waals surface area contributed by atoms with Crippen molar-refractivity contribution < 1.29 is 19.4 Å². The Morgan fingerprint density at radius 3 is 2.67 bits per heavy atom. The largest absolute Gasteiger partial charge is 0.481 e. The first-order chi connectivity index (χ1) is 11.4. The molecule has 8 heteroatoms. The van der Waals surface area contributed by atoms with Crippen LogP contribution >= 0.6 is 34.5 Å². The number of fused-ring (bicyclic) bond motifs is 1. The number of carboxylic acid groups (broad SMARTS) is 1. The molecule has 1 aromatic carbocycles. The van der Waals surface area contributed by atoms with Crippen LogP contribution < -0.4 is 5.32 Å². The van der Waals surface area contributed by atoms with Crippen LogP contribution in [0.3, 0.4) is 0 Å². The van der Waals surface area contributed by atoms with E-state index >= 15 is 0 Å². The van der Waals surface area contributed by atoms with Gasteiger partial charge >= 0.3 is 5.97 Å². The number of hydrogen-bond donors (Lipinski definition) is 2. The summed E-state index contributed by atoms with van der Waals surface area (Å²) in [5.74, 6) is -1.31. The monoisotopic (exact) mass is 387 g/mol. The summed E-state index contributed by atoms with van der Waals surface area (Å²) in [6.45, 7) is 0.840. The van der Waals surface area contributed by atoms with Gasteiger partial charge in [-0.05, 0) is 25.0 Å². The minimum absolute atomic E-state index is 0.142. The molecule has 0 unspecified atom stereocenters. The van der Waals surface area contributed by atoms with Crippen LogP contribution in [0.4, 0.5) is 0 Å². The summed E-state index contributed by atoms with van der Waals surface area (Å²) in [4.78, 5) is 24.3. The molecule has 0 spiro atoms. The van der Waals surface area contributed by atoms with Gasteiger partial charge in [-0.1, -0.05) is 29.3 Å². The predicted molar refractivity (Wildman–Crippen MR) is 94.3 cm³/mol. The Morgan fingerprint density at radius 2 is 2.00 bits per heavy atom. The van der Waals surface area contributed by atoms with Crippen LogP contribution in [0.15, 0.2) is 18.2 Å². The number of nitrogens with one attached hydrogen (secondary N) is 1. The molecule has 0 atom stereocenters. The zero-order chi connectivity index (χ0) is 17.3.